The van der Waals surface area contributed by atoms with Crippen LogP contribution < -0.4 is 10.5 Å². The van der Waals surface area contributed by atoms with Crippen LogP contribution in [-0.2, 0) is 4.79 Å². The summed E-state index contributed by atoms with van der Waals surface area (Å²) in [6.45, 7) is 0.164. The number of carbonyl (C=O) groups is 2. The molecule has 0 spiro atoms. The Labute approximate surface area is 117 Å². The number of carboxylic acids is 1. The number of amides is 1. The maximum absolute atomic E-state index is 12.4. The van der Waals surface area contributed by atoms with E-state index in [1.54, 1.807) is 18.2 Å². The maximum atomic E-state index is 12.4. The summed E-state index contributed by atoms with van der Waals surface area (Å²) in [4.78, 5) is 24.6. The molecule has 1 fully saturated rings. The van der Waals surface area contributed by atoms with Crippen molar-refractivity contribution in [1.29, 1.82) is 0 Å². The molecule has 0 saturated heterocycles. The molecule has 1 aromatic rings. The van der Waals surface area contributed by atoms with Gasteiger partial charge >= 0.3 is 5.97 Å². The van der Waals surface area contributed by atoms with Crippen molar-refractivity contribution in [3.8, 4) is 5.75 Å². The first-order valence-electron chi connectivity index (χ1n) is 6.46. The van der Waals surface area contributed by atoms with Crippen molar-refractivity contribution in [2.24, 2.45) is 5.92 Å². The first-order valence-corrected chi connectivity index (χ1v) is 6.46. The molecule has 1 aromatic carbocycles. The van der Waals surface area contributed by atoms with Crippen molar-refractivity contribution in [3.63, 3.8) is 0 Å². The molecular weight excluding hydrogens is 260 g/mol. The van der Waals surface area contributed by atoms with E-state index in [2.05, 4.69) is 0 Å². The average Bonchev–Trinajstić information content (AvgIpc) is 3.20. The lowest BCUT2D eigenvalue weighted by Gasteiger charge is -2.21. The molecule has 0 aliphatic heterocycles. The highest BCUT2D eigenvalue weighted by Gasteiger charge is 2.29. The molecule has 0 radical (unpaired) electrons. The molecule has 2 rings (SSSR count). The van der Waals surface area contributed by atoms with Gasteiger partial charge in [-0.05, 0) is 30.9 Å². The molecule has 6 heteroatoms. The van der Waals surface area contributed by atoms with E-state index in [0.717, 1.165) is 12.8 Å². The van der Waals surface area contributed by atoms with E-state index in [9.17, 15) is 9.59 Å². The van der Waals surface area contributed by atoms with Crippen molar-refractivity contribution >= 4 is 17.6 Å². The molecule has 0 atom stereocenters. The molecular formula is C14H18N2O4. The molecule has 1 aliphatic rings. The van der Waals surface area contributed by atoms with E-state index in [-0.39, 0.29) is 12.5 Å². The Balaban J connectivity index is 2.18. The fourth-order valence-electron chi connectivity index (χ4n) is 2.03. The predicted octanol–water partition coefficient (Wildman–Crippen LogP) is 1.21. The zero-order chi connectivity index (χ0) is 14.7. The quantitative estimate of drug-likeness (QED) is 0.763. The summed E-state index contributed by atoms with van der Waals surface area (Å²) in [5, 5.41) is 8.92. The number of ether oxygens (including phenoxy) is 1. The lowest BCUT2D eigenvalue weighted by atomic mass is 10.1. The summed E-state index contributed by atoms with van der Waals surface area (Å²) in [6, 6.07) is 4.77. The van der Waals surface area contributed by atoms with Crippen LogP contribution in [0.2, 0.25) is 0 Å². The number of methoxy groups -OCH3 is 1. The lowest BCUT2D eigenvalue weighted by Crippen LogP contribution is -2.37. The van der Waals surface area contributed by atoms with E-state index >= 15 is 0 Å². The normalized spacial score (nSPS) is 13.8. The first-order chi connectivity index (χ1) is 9.51. The predicted molar refractivity (Wildman–Crippen MR) is 73.7 cm³/mol. The minimum atomic E-state index is -1.02. The van der Waals surface area contributed by atoms with Gasteiger partial charge in [0.15, 0.2) is 0 Å². The summed E-state index contributed by atoms with van der Waals surface area (Å²) in [6.07, 6.45) is 2.09. The van der Waals surface area contributed by atoms with Crippen molar-refractivity contribution < 1.29 is 19.4 Å². The Hall–Kier alpha value is -2.24. The topological polar surface area (TPSA) is 92.9 Å². The number of nitrogens with zero attached hydrogens (tertiary/aromatic N) is 1. The van der Waals surface area contributed by atoms with Crippen LogP contribution >= 0.6 is 0 Å². The van der Waals surface area contributed by atoms with Crippen molar-refractivity contribution in [2.45, 2.75) is 12.8 Å². The zero-order valence-electron chi connectivity index (χ0n) is 11.3. The number of nitrogen functional groups attached to an aromatic ring is 1. The van der Waals surface area contributed by atoms with Gasteiger partial charge in [0, 0.05) is 18.3 Å². The monoisotopic (exact) mass is 278 g/mol. The van der Waals surface area contributed by atoms with Crippen LogP contribution in [-0.4, -0.2) is 42.1 Å². The van der Waals surface area contributed by atoms with Crippen LogP contribution in [0.15, 0.2) is 18.2 Å². The van der Waals surface area contributed by atoms with E-state index in [1.807, 2.05) is 0 Å². The number of hydrogen-bond donors (Lipinski definition) is 2. The smallest absolute Gasteiger partial charge is 0.323 e. The van der Waals surface area contributed by atoms with Gasteiger partial charge < -0.3 is 20.5 Å². The van der Waals surface area contributed by atoms with Crippen LogP contribution in [0.5, 0.6) is 5.75 Å². The second kappa shape index (κ2) is 5.81. The molecule has 0 bridgehead atoms. The summed E-state index contributed by atoms with van der Waals surface area (Å²) < 4.78 is 5.03. The maximum Gasteiger partial charge on any atom is 0.323 e. The van der Waals surface area contributed by atoms with Gasteiger partial charge in [0.1, 0.15) is 12.3 Å². The Bertz CT molecular complexity index is 526. The highest BCUT2D eigenvalue weighted by Crippen LogP contribution is 2.30. The highest BCUT2D eigenvalue weighted by atomic mass is 16.5. The molecule has 0 heterocycles. The third kappa shape index (κ3) is 3.40. The second-order valence-corrected chi connectivity index (χ2v) is 4.98. The zero-order valence-corrected chi connectivity index (χ0v) is 11.3. The van der Waals surface area contributed by atoms with Crippen LogP contribution in [0.1, 0.15) is 23.2 Å². The van der Waals surface area contributed by atoms with Crippen molar-refractivity contribution in [3.05, 3.63) is 23.8 Å². The van der Waals surface area contributed by atoms with Crippen LogP contribution in [0.4, 0.5) is 5.69 Å². The molecule has 0 aromatic heterocycles. The van der Waals surface area contributed by atoms with Crippen LogP contribution in [0.25, 0.3) is 0 Å². The molecule has 1 saturated carbocycles. The molecule has 1 aliphatic carbocycles. The minimum Gasteiger partial charge on any atom is -0.497 e. The Morgan fingerprint density at radius 2 is 2.15 bits per heavy atom. The molecule has 20 heavy (non-hydrogen) atoms. The highest BCUT2D eigenvalue weighted by molar-refractivity contribution is 6.00. The SMILES string of the molecule is COc1ccc(C(=O)N(CC(=O)O)CC2CC2)c(N)c1. The van der Waals surface area contributed by atoms with E-state index < -0.39 is 5.97 Å². The van der Waals surface area contributed by atoms with Crippen LogP contribution in [0, 0.1) is 5.92 Å². The van der Waals surface area contributed by atoms with E-state index in [4.69, 9.17) is 15.6 Å². The second-order valence-electron chi connectivity index (χ2n) is 4.98. The number of benzene rings is 1. The van der Waals surface area contributed by atoms with Gasteiger partial charge in [0.2, 0.25) is 0 Å². The number of carboxylic acid groups (broad SMARTS) is 1. The number of nitrogens with two attached hydrogens (primary N) is 1. The van der Waals surface area contributed by atoms with Gasteiger partial charge in [-0.1, -0.05) is 0 Å². The summed E-state index contributed by atoms with van der Waals surface area (Å²) in [5.74, 6) is -0.394. The average molecular weight is 278 g/mol. The van der Waals surface area contributed by atoms with Gasteiger partial charge in [-0.3, -0.25) is 9.59 Å². The number of aliphatic carboxylic acids is 1. The van der Waals surface area contributed by atoms with Gasteiger partial charge in [0.25, 0.3) is 5.91 Å². The molecule has 0 unspecified atom stereocenters. The van der Waals surface area contributed by atoms with Gasteiger partial charge in [-0.15, -0.1) is 0 Å². The number of carbonyl (C=O) groups excluding carboxylic acids is 1. The largest absolute Gasteiger partial charge is 0.497 e. The minimum absolute atomic E-state index is 0.292. The van der Waals surface area contributed by atoms with E-state index in [1.165, 1.54) is 12.0 Å². The fraction of sp³-hybridized carbons (Fsp3) is 0.429. The number of anilines is 1. The van der Waals surface area contributed by atoms with Crippen molar-refractivity contribution in [2.75, 3.05) is 25.9 Å². The van der Waals surface area contributed by atoms with E-state index in [0.29, 0.717) is 29.5 Å². The fourth-order valence-corrected chi connectivity index (χ4v) is 2.03. The lowest BCUT2D eigenvalue weighted by molar-refractivity contribution is -0.137. The Kier molecular flexibility index (Phi) is 4.12. The molecule has 6 nitrogen and oxygen atoms in total. The Morgan fingerprint density at radius 1 is 1.45 bits per heavy atom. The number of rotatable bonds is 6. The van der Waals surface area contributed by atoms with Crippen LogP contribution in [0.3, 0.4) is 0 Å². The third-order valence-corrected chi connectivity index (χ3v) is 3.28. The summed E-state index contributed by atoms with van der Waals surface area (Å²) >= 11 is 0. The third-order valence-electron chi connectivity index (χ3n) is 3.28. The van der Waals surface area contributed by atoms with Gasteiger partial charge in [-0.25, -0.2) is 0 Å². The Morgan fingerprint density at radius 3 is 2.65 bits per heavy atom. The number of hydrogen-bond acceptors (Lipinski definition) is 4. The standard InChI is InChI=1S/C14H18N2O4/c1-20-10-4-5-11(12(15)6-10)14(19)16(8-13(17)18)7-9-2-3-9/h4-6,9H,2-3,7-8,15H2,1H3,(H,17,18). The summed E-state index contributed by atoms with van der Waals surface area (Å²) in [7, 11) is 1.51. The molecule has 1 amide bonds. The molecule has 108 valence electrons. The van der Waals surface area contributed by atoms with Crippen molar-refractivity contribution in [1.82, 2.24) is 4.90 Å². The molecule has 3 N–H and O–H groups in total. The first kappa shape index (κ1) is 14.2. The summed E-state index contributed by atoms with van der Waals surface area (Å²) in [5.41, 5.74) is 6.44. The van der Waals surface area contributed by atoms with Gasteiger partial charge in [-0.2, -0.15) is 0 Å². The van der Waals surface area contributed by atoms with Gasteiger partial charge in [0.05, 0.1) is 12.7 Å².